The molecule has 1 saturated carbocycles. The van der Waals surface area contributed by atoms with Crippen molar-refractivity contribution in [2.24, 2.45) is 0 Å². The van der Waals surface area contributed by atoms with Gasteiger partial charge in [-0.2, -0.15) is 0 Å². The first-order valence-corrected chi connectivity index (χ1v) is 10.8. The van der Waals surface area contributed by atoms with Crippen LogP contribution in [0.1, 0.15) is 23.5 Å². The average Bonchev–Trinajstić information content (AvgIpc) is 3.16. The molecule has 2 aromatic rings. The number of carbonyl (C=O) groups is 1. The molecule has 7 nitrogen and oxygen atoms in total. The van der Waals surface area contributed by atoms with E-state index in [-0.39, 0.29) is 17.2 Å². The number of aliphatic hydroxyl groups is 1. The molecule has 2 aliphatic rings. The first-order valence-electron chi connectivity index (χ1n) is 8.93. The van der Waals surface area contributed by atoms with E-state index in [1.54, 1.807) is 18.2 Å². The molecule has 152 valence electrons. The second-order valence-electron chi connectivity index (χ2n) is 7.02. The highest BCUT2D eigenvalue weighted by Gasteiger charge is 2.51. The van der Waals surface area contributed by atoms with Gasteiger partial charge in [0.05, 0.1) is 17.0 Å². The Balaban J connectivity index is 1.66. The SMILES string of the molecule is O=C(O)C=Cc1cccc2c1OC1CC(O)C(NS(=O)(=O)c3ccc(Cl)cc3)C21. The van der Waals surface area contributed by atoms with Gasteiger partial charge < -0.3 is 14.9 Å². The van der Waals surface area contributed by atoms with Crippen LogP contribution in [0.15, 0.2) is 53.4 Å². The lowest BCUT2D eigenvalue weighted by Gasteiger charge is -2.22. The summed E-state index contributed by atoms with van der Waals surface area (Å²) in [4.78, 5) is 10.9. The number of ether oxygens (including phenoxy) is 1. The summed E-state index contributed by atoms with van der Waals surface area (Å²) in [6.07, 6.45) is 1.39. The van der Waals surface area contributed by atoms with Gasteiger partial charge in [-0.1, -0.05) is 29.8 Å². The Bertz CT molecular complexity index is 1080. The number of sulfonamides is 1. The molecule has 9 heteroatoms. The molecule has 0 bridgehead atoms. The van der Waals surface area contributed by atoms with Gasteiger partial charge >= 0.3 is 5.97 Å². The van der Waals surface area contributed by atoms with Crippen LogP contribution < -0.4 is 9.46 Å². The van der Waals surface area contributed by atoms with E-state index in [0.29, 0.717) is 16.3 Å². The minimum absolute atomic E-state index is 0.0508. The zero-order valence-electron chi connectivity index (χ0n) is 15.0. The number of halogens is 1. The lowest BCUT2D eigenvalue weighted by molar-refractivity contribution is -0.131. The van der Waals surface area contributed by atoms with Gasteiger partial charge in [-0.05, 0) is 30.3 Å². The summed E-state index contributed by atoms with van der Waals surface area (Å²) >= 11 is 5.83. The van der Waals surface area contributed by atoms with E-state index in [9.17, 15) is 18.3 Å². The Morgan fingerprint density at radius 1 is 1.21 bits per heavy atom. The molecule has 1 aliphatic carbocycles. The van der Waals surface area contributed by atoms with Crippen LogP contribution in [0.2, 0.25) is 5.02 Å². The number of aliphatic carboxylic acids is 1. The molecule has 4 rings (SSSR count). The molecule has 29 heavy (non-hydrogen) atoms. The van der Waals surface area contributed by atoms with E-state index in [0.717, 1.165) is 11.6 Å². The largest absolute Gasteiger partial charge is 0.489 e. The number of fused-ring (bicyclic) bond motifs is 3. The third-order valence-electron chi connectivity index (χ3n) is 5.20. The molecule has 4 unspecified atom stereocenters. The normalized spacial score (nSPS) is 25.6. The third-order valence-corrected chi connectivity index (χ3v) is 6.93. The zero-order valence-corrected chi connectivity index (χ0v) is 16.6. The van der Waals surface area contributed by atoms with Gasteiger partial charge in [0.25, 0.3) is 0 Å². The fourth-order valence-corrected chi connectivity index (χ4v) is 5.36. The number of carboxylic acids is 1. The van der Waals surface area contributed by atoms with Crippen molar-refractivity contribution in [3.05, 3.63) is 64.7 Å². The molecule has 0 saturated heterocycles. The van der Waals surface area contributed by atoms with Gasteiger partial charge in [-0.25, -0.2) is 17.9 Å². The molecule has 2 aromatic carbocycles. The fourth-order valence-electron chi connectivity index (χ4n) is 3.95. The monoisotopic (exact) mass is 435 g/mol. The van der Waals surface area contributed by atoms with Gasteiger partial charge in [0, 0.05) is 34.6 Å². The van der Waals surface area contributed by atoms with Gasteiger partial charge in [-0.3, -0.25) is 0 Å². The topological polar surface area (TPSA) is 113 Å². The highest BCUT2D eigenvalue weighted by molar-refractivity contribution is 7.89. The second kappa shape index (κ2) is 7.46. The van der Waals surface area contributed by atoms with Crippen LogP contribution in [0, 0.1) is 0 Å². The number of aliphatic hydroxyl groups excluding tert-OH is 1. The minimum Gasteiger partial charge on any atom is -0.489 e. The van der Waals surface area contributed by atoms with Crippen molar-refractivity contribution < 1.29 is 28.2 Å². The summed E-state index contributed by atoms with van der Waals surface area (Å²) in [5, 5.41) is 19.8. The molecule has 0 radical (unpaired) electrons. The zero-order chi connectivity index (χ0) is 20.8. The number of benzene rings is 2. The Hall–Kier alpha value is -2.39. The van der Waals surface area contributed by atoms with Crippen LogP contribution in [0.5, 0.6) is 5.75 Å². The minimum atomic E-state index is -3.88. The first-order chi connectivity index (χ1) is 13.8. The Labute approximate surface area is 172 Å². The van der Waals surface area contributed by atoms with Gasteiger partial charge in [0.1, 0.15) is 11.9 Å². The molecular formula is C20H18ClNO6S. The van der Waals surface area contributed by atoms with E-state index in [2.05, 4.69) is 4.72 Å². The maximum atomic E-state index is 12.8. The van der Waals surface area contributed by atoms with Crippen LogP contribution in [0.25, 0.3) is 6.08 Å². The fraction of sp³-hybridized carbons (Fsp3) is 0.250. The lowest BCUT2D eigenvalue weighted by atomic mass is 9.93. The van der Waals surface area contributed by atoms with E-state index >= 15 is 0 Å². The summed E-state index contributed by atoms with van der Waals surface area (Å²) < 4.78 is 34.2. The van der Waals surface area contributed by atoms with Gasteiger partial charge in [0.15, 0.2) is 0 Å². The summed E-state index contributed by atoms with van der Waals surface area (Å²) in [5.74, 6) is -0.951. The van der Waals surface area contributed by atoms with E-state index in [4.69, 9.17) is 21.4 Å². The van der Waals surface area contributed by atoms with Crippen molar-refractivity contribution in [2.45, 2.75) is 35.5 Å². The molecule has 1 heterocycles. The summed E-state index contributed by atoms with van der Waals surface area (Å²) in [6, 6.07) is 10.3. The molecule has 0 amide bonds. The van der Waals surface area contributed by atoms with Crippen LogP contribution >= 0.6 is 11.6 Å². The molecule has 3 N–H and O–H groups in total. The second-order valence-corrected chi connectivity index (χ2v) is 9.17. The van der Waals surface area contributed by atoms with Gasteiger partial charge in [0.2, 0.25) is 10.0 Å². The lowest BCUT2D eigenvalue weighted by Crippen LogP contribution is -2.43. The average molecular weight is 436 g/mol. The predicted octanol–water partition coefficient (Wildman–Crippen LogP) is 2.39. The van der Waals surface area contributed by atoms with E-state index in [1.165, 1.54) is 30.3 Å². The van der Waals surface area contributed by atoms with Crippen molar-refractivity contribution in [2.75, 3.05) is 0 Å². The molecule has 0 spiro atoms. The highest BCUT2D eigenvalue weighted by atomic mass is 35.5. The highest BCUT2D eigenvalue weighted by Crippen LogP contribution is 2.49. The Morgan fingerprint density at radius 2 is 1.93 bits per heavy atom. The van der Waals surface area contributed by atoms with Crippen molar-refractivity contribution in [1.29, 1.82) is 0 Å². The smallest absolute Gasteiger partial charge is 0.328 e. The number of nitrogens with one attached hydrogen (secondary N) is 1. The quantitative estimate of drug-likeness (QED) is 0.621. The van der Waals surface area contributed by atoms with Crippen molar-refractivity contribution in [3.8, 4) is 5.75 Å². The standard InChI is InChI=1S/C20H18ClNO6S/c21-12-5-7-13(8-6-12)29(26,27)22-19-15(23)10-16-18(19)14-3-1-2-11(20(14)28-16)4-9-17(24)25/h1-9,15-16,18-19,22-23H,10H2,(H,24,25). The molecule has 0 aromatic heterocycles. The van der Waals surface area contributed by atoms with Crippen LogP contribution in [0.4, 0.5) is 0 Å². The van der Waals surface area contributed by atoms with Crippen molar-refractivity contribution >= 4 is 33.7 Å². The number of hydrogen-bond acceptors (Lipinski definition) is 5. The van der Waals surface area contributed by atoms with Crippen molar-refractivity contribution in [1.82, 2.24) is 4.72 Å². The number of para-hydroxylation sites is 1. The van der Waals surface area contributed by atoms with Crippen molar-refractivity contribution in [3.63, 3.8) is 0 Å². The summed E-state index contributed by atoms with van der Waals surface area (Å²) in [6.45, 7) is 0. The van der Waals surface area contributed by atoms with Crippen LogP contribution in [0.3, 0.4) is 0 Å². The van der Waals surface area contributed by atoms with Gasteiger partial charge in [-0.15, -0.1) is 0 Å². The number of carboxylic acid groups (broad SMARTS) is 1. The van der Waals surface area contributed by atoms with Crippen LogP contribution in [-0.4, -0.2) is 42.8 Å². The van der Waals surface area contributed by atoms with E-state index < -0.39 is 34.2 Å². The van der Waals surface area contributed by atoms with Crippen LogP contribution in [-0.2, 0) is 14.8 Å². The molecule has 1 aliphatic heterocycles. The number of rotatable bonds is 5. The predicted molar refractivity (Wildman–Crippen MR) is 106 cm³/mol. The van der Waals surface area contributed by atoms with E-state index in [1.807, 2.05) is 0 Å². The Kier molecular flexibility index (Phi) is 5.12. The molecule has 4 atom stereocenters. The maximum absolute atomic E-state index is 12.8. The first kappa shape index (κ1) is 19.9. The molecular weight excluding hydrogens is 418 g/mol. The third kappa shape index (κ3) is 3.76. The number of hydrogen-bond donors (Lipinski definition) is 3. The molecule has 1 fully saturated rings. The summed E-state index contributed by atoms with van der Waals surface area (Å²) in [5.41, 5.74) is 1.33. The summed E-state index contributed by atoms with van der Waals surface area (Å²) in [7, 11) is -3.88. The maximum Gasteiger partial charge on any atom is 0.328 e. The Morgan fingerprint density at radius 3 is 2.62 bits per heavy atom.